The zero-order valence-corrected chi connectivity index (χ0v) is 20.0. The molecule has 2 aromatic rings. The number of benzene rings is 1. The molecule has 0 unspecified atom stereocenters. The first-order valence-corrected chi connectivity index (χ1v) is 12.4. The van der Waals surface area contributed by atoms with Gasteiger partial charge in [-0.05, 0) is 49.3 Å². The number of carbonyl (C=O) groups excluding carboxylic acids is 2. The zero-order chi connectivity index (χ0) is 23.8. The van der Waals surface area contributed by atoms with Crippen LogP contribution >= 0.6 is 0 Å². The third-order valence-corrected chi connectivity index (χ3v) is 6.58. The van der Waals surface area contributed by atoms with Crippen LogP contribution in [0.2, 0.25) is 0 Å². The lowest BCUT2D eigenvalue weighted by atomic mass is 9.94. The maximum Gasteiger partial charge on any atom is 0.274 e. The van der Waals surface area contributed by atoms with Gasteiger partial charge >= 0.3 is 0 Å². The molecular formula is C26H35N5O3. The van der Waals surface area contributed by atoms with Gasteiger partial charge < -0.3 is 20.3 Å². The molecule has 8 nitrogen and oxygen atoms in total. The number of hydrogen-bond acceptors (Lipinski definition) is 6. The second kappa shape index (κ2) is 11.9. The van der Waals surface area contributed by atoms with Crippen LogP contribution in [0.4, 0.5) is 11.5 Å². The van der Waals surface area contributed by atoms with E-state index in [0.29, 0.717) is 37.0 Å². The van der Waals surface area contributed by atoms with Crippen molar-refractivity contribution < 1.29 is 14.3 Å². The predicted molar refractivity (Wildman–Crippen MR) is 132 cm³/mol. The molecule has 34 heavy (non-hydrogen) atoms. The Kier molecular flexibility index (Phi) is 8.46. The van der Waals surface area contributed by atoms with Crippen molar-refractivity contribution in [3.05, 3.63) is 47.9 Å². The monoisotopic (exact) mass is 465 g/mol. The summed E-state index contributed by atoms with van der Waals surface area (Å²) in [6.45, 7) is 1.86. The van der Waals surface area contributed by atoms with Crippen LogP contribution in [0.1, 0.15) is 67.4 Å². The summed E-state index contributed by atoms with van der Waals surface area (Å²) < 4.78 is 4.91. The number of rotatable bonds is 11. The number of anilines is 2. The Labute approximate surface area is 201 Å². The Balaban J connectivity index is 1.36. The van der Waals surface area contributed by atoms with Gasteiger partial charge in [-0.1, -0.05) is 31.4 Å². The Morgan fingerprint density at radius 2 is 1.82 bits per heavy atom. The van der Waals surface area contributed by atoms with Crippen molar-refractivity contribution in [3.8, 4) is 0 Å². The summed E-state index contributed by atoms with van der Waals surface area (Å²) in [7, 11) is 1.57. The number of carbonyl (C=O) groups is 2. The number of nitrogens with zero attached hydrogens (tertiary/aromatic N) is 3. The fourth-order valence-corrected chi connectivity index (χ4v) is 4.41. The summed E-state index contributed by atoms with van der Waals surface area (Å²) in [6, 6.07) is 9.77. The SMILES string of the molecule is COCCC(=O)NCc1ccc(NC(=O)c2cc(N(CC3CC3)C3CCCCC3)ncn2)cc1. The van der Waals surface area contributed by atoms with Gasteiger partial charge in [0.15, 0.2) is 0 Å². The minimum Gasteiger partial charge on any atom is -0.384 e. The largest absolute Gasteiger partial charge is 0.384 e. The van der Waals surface area contributed by atoms with Gasteiger partial charge in [0.05, 0.1) is 6.61 Å². The van der Waals surface area contributed by atoms with Crippen molar-refractivity contribution in [1.82, 2.24) is 15.3 Å². The van der Waals surface area contributed by atoms with Crippen LogP contribution in [0, 0.1) is 5.92 Å². The lowest BCUT2D eigenvalue weighted by Gasteiger charge is -2.35. The van der Waals surface area contributed by atoms with Crippen molar-refractivity contribution >= 4 is 23.3 Å². The number of methoxy groups -OCH3 is 1. The van der Waals surface area contributed by atoms with E-state index < -0.39 is 0 Å². The standard InChI is InChI=1S/C26H35N5O3/c1-34-14-13-25(32)27-16-19-9-11-21(12-10-19)30-26(33)23-15-24(29-18-28-23)31(17-20-7-8-20)22-5-3-2-4-6-22/h9-12,15,18,20,22H,2-8,13-14,16-17H2,1H3,(H,27,32)(H,30,33). The maximum absolute atomic E-state index is 12.9. The molecule has 1 heterocycles. The van der Waals surface area contributed by atoms with Gasteiger partial charge in [-0.3, -0.25) is 9.59 Å². The molecule has 0 saturated heterocycles. The smallest absolute Gasteiger partial charge is 0.274 e. The predicted octanol–water partition coefficient (Wildman–Crippen LogP) is 3.93. The first kappa shape index (κ1) is 24.1. The number of amides is 2. The van der Waals surface area contributed by atoms with Gasteiger partial charge in [-0.25, -0.2) is 9.97 Å². The van der Waals surface area contributed by atoms with E-state index in [1.54, 1.807) is 7.11 Å². The Morgan fingerprint density at radius 1 is 1.06 bits per heavy atom. The van der Waals surface area contributed by atoms with Crippen LogP contribution < -0.4 is 15.5 Å². The first-order valence-electron chi connectivity index (χ1n) is 12.4. The third kappa shape index (κ3) is 7.00. The van der Waals surface area contributed by atoms with E-state index in [1.807, 2.05) is 30.3 Å². The molecule has 2 aliphatic carbocycles. The normalized spacial score (nSPS) is 16.1. The molecule has 0 aliphatic heterocycles. The van der Waals surface area contributed by atoms with Crippen molar-refractivity contribution in [3.63, 3.8) is 0 Å². The van der Waals surface area contributed by atoms with Crippen LogP contribution in [0.25, 0.3) is 0 Å². The molecule has 0 spiro atoms. The minimum atomic E-state index is -0.251. The summed E-state index contributed by atoms with van der Waals surface area (Å²) in [6.07, 6.45) is 10.6. The van der Waals surface area contributed by atoms with E-state index in [4.69, 9.17) is 4.74 Å². The lowest BCUT2D eigenvalue weighted by Crippen LogP contribution is -2.39. The zero-order valence-electron chi connectivity index (χ0n) is 20.0. The van der Waals surface area contributed by atoms with E-state index in [-0.39, 0.29) is 11.8 Å². The van der Waals surface area contributed by atoms with E-state index in [2.05, 4.69) is 25.5 Å². The fourth-order valence-electron chi connectivity index (χ4n) is 4.41. The number of aromatic nitrogens is 2. The summed E-state index contributed by atoms with van der Waals surface area (Å²) in [5.41, 5.74) is 2.01. The molecule has 8 heteroatoms. The minimum absolute atomic E-state index is 0.0530. The quantitative estimate of drug-likeness (QED) is 0.522. The topological polar surface area (TPSA) is 96.5 Å². The first-order chi connectivity index (χ1) is 16.6. The summed E-state index contributed by atoms with van der Waals surface area (Å²) >= 11 is 0. The average molecular weight is 466 g/mol. The van der Waals surface area contributed by atoms with E-state index in [1.165, 1.54) is 51.3 Å². The Morgan fingerprint density at radius 3 is 2.53 bits per heavy atom. The second-order valence-electron chi connectivity index (χ2n) is 9.32. The summed E-state index contributed by atoms with van der Waals surface area (Å²) in [5.74, 6) is 1.30. The molecular weight excluding hydrogens is 430 g/mol. The number of hydrogen-bond donors (Lipinski definition) is 2. The van der Waals surface area contributed by atoms with Crippen molar-refractivity contribution in [1.29, 1.82) is 0 Å². The van der Waals surface area contributed by atoms with Crippen molar-refractivity contribution in [2.45, 2.75) is 64.0 Å². The van der Waals surface area contributed by atoms with E-state index >= 15 is 0 Å². The molecule has 2 aliphatic rings. The molecule has 2 N–H and O–H groups in total. The van der Waals surface area contributed by atoms with Crippen LogP contribution in [0.5, 0.6) is 0 Å². The molecule has 2 saturated carbocycles. The maximum atomic E-state index is 12.9. The highest BCUT2D eigenvalue weighted by atomic mass is 16.5. The molecule has 0 radical (unpaired) electrons. The lowest BCUT2D eigenvalue weighted by molar-refractivity contribution is -0.122. The summed E-state index contributed by atoms with van der Waals surface area (Å²) in [4.78, 5) is 35.8. The van der Waals surface area contributed by atoms with Gasteiger partial charge in [-0.15, -0.1) is 0 Å². The van der Waals surface area contributed by atoms with Gasteiger partial charge in [-0.2, -0.15) is 0 Å². The van der Waals surface area contributed by atoms with Crippen molar-refractivity contribution in [2.75, 3.05) is 30.5 Å². The van der Waals surface area contributed by atoms with Crippen LogP contribution in [-0.4, -0.2) is 48.1 Å². The number of ether oxygens (including phenoxy) is 1. The Hall–Kier alpha value is -3.00. The molecule has 4 rings (SSSR count). The van der Waals surface area contributed by atoms with Gasteiger partial charge in [0.1, 0.15) is 17.8 Å². The molecule has 1 aromatic heterocycles. The highest BCUT2D eigenvalue weighted by Crippen LogP contribution is 2.34. The molecule has 0 atom stereocenters. The molecule has 2 fully saturated rings. The van der Waals surface area contributed by atoms with Gasteiger partial charge in [0.25, 0.3) is 5.91 Å². The second-order valence-corrected chi connectivity index (χ2v) is 9.32. The van der Waals surface area contributed by atoms with E-state index in [0.717, 1.165) is 23.8 Å². The highest BCUT2D eigenvalue weighted by Gasteiger charge is 2.30. The summed E-state index contributed by atoms with van der Waals surface area (Å²) in [5, 5.41) is 5.78. The van der Waals surface area contributed by atoms with Crippen molar-refractivity contribution in [2.24, 2.45) is 5.92 Å². The Bertz CT molecular complexity index is 955. The van der Waals surface area contributed by atoms with E-state index in [9.17, 15) is 9.59 Å². The van der Waals surface area contributed by atoms with Gasteiger partial charge in [0.2, 0.25) is 5.91 Å². The third-order valence-electron chi connectivity index (χ3n) is 6.58. The molecule has 0 bridgehead atoms. The molecule has 1 aromatic carbocycles. The highest BCUT2D eigenvalue weighted by molar-refractivity contribution is 6.03. The van der Waals surface area contributed by atoms with Crippen LogP contribution in [0.15, 0.2) is 36.7 Å². The average Bonchev–Trinajstić information content (AvgIpc) is 3.70. The van der Waals surface area contributed by atoms with Crippen LogP contribution in [-0.2, 0) is 16.1 Å². The fraction of sp³-hybridized carbons (Fsp3) is 0.538. The number of nitrogens with one attached hydrogen (secondary N) is 2. The van der Waals surface area contributed by atoms with Gasteiger partial charge in [0, 0.05) is 44.4 Å². The van der Waals surface area contributed by atoms with Crippen LogP contribution in [0.3, 0.4) is 0 Å². The molecule has 2 amide bonds. The molecule has 182 valence electrons.